The molecule has 0 aromatic carbocycles. The van der Waals surface area contributed by atoms with E-state index in [1.807, 2.05) is 24.6 Å². The fourth-order valence-corrected chi connectivity index (χ4v) is 4.19. The Morgan fingerprint density at radius 3 is 2.88 bits per heavy atom. The monoisotopic (exact) mass is 360 g/mol. The number of aromatic nitrogens is 4. The average molecular weight is 361 g/mol. The van der Waals surface area contributed by atoms with Crippen LogP contribution in [-0.2, 0) is 20.0 Å². The van der Waals surface area contributed by atoms with Crippen LogP contribution in [0.4, 0.5) is 0 Å². The normalized spacial score (nSPS) is 11.1. The number of hydrogen-bond acceptors (Lipinski definition) is 5. The quantitative estimate of drug-likeness (QED) is 0.478. The number of hydrogen-bond donors (Lipinski definition) is 0. The van der Waals surface area contributed by atoms with Gasteiger partial charge in [-0.1, -0.05) is 17.8 Å². The lowest BCUT2D eigenvalue weighted by atomic mass is 10.2. The van der Waals surface area contributed by atoms with Gasteiger partial charge >= 0.3 is 0 Å². The van der Waals surface area contributed by atoms with Crippen LogP contribution in [-0.4, -0.2) is 30.9 Å². The van der Waals surface area contributed by atoms with E-state index in [9.17, 15) is 4.79 Å². The molecule has 5 nitrogen and oxygen atoms in total. The van der Waals surface area contributed by atoms with Gasteiger partial charge in [0.2, 0.25) is 0 Å². The van der Waals surface area contributed by atoms with Crippen molar-refractivity contribution in [2.24, 2.45) is 7.05 Å². The van der Waals surface area contributed by atoms with Gasteiger partial charge in [0.15, 0.2) is 10.9 Å². The van der Waals surface area contributed by atoms with Crippen LogP contribution < -0.4 is 0 Å². The van der Waals surface area contributed by atoms with Crippen LogP contribution in [0.5, 0.6) is 0 Å². The Labute approximate surface area is 149 Å². The molecule has 24 heavy (non-hydrogen) atoms. The minimum Gasteiger partial charge on any atom is -0.348 e. The van der Waals surface area contributed by atoms with E-state index in [1.165, 1.54) is 16.6 Å². The summed E-state index contributed by atoms with van der Waals surface area (Å²) in [5.74, 6) is 0.514. The van der Waals surface area contributed by atoms with E-state index in [1.54, 1.807) is 17.7 Å². The summed E-state index contributed by atoms with van der Waals surface area (Å²) in [7, 11) is 1.88. The van der Waals surface area contributed by atoms with Crippen molar-refractivity contribution in [1.29, 1.82) is 0 Å². The molecule has 0 N–H and O–H groups in total. The number of thiophene rings is 1. The van der Waals surface area contributed by atoms with Crippen LogP contribution in [0.1, 0.15) is 26.6 Å². The van der Waals surface area contributed by atoms with Crippen molar-refractivity contribution in [3.05, 3.63) is 51.7 Å². The summed E-state index contributed by atoms with van der Waals surface area (Å²) in [6.07, 6.45) is 2.64. The van der Waals surface area contributed by atoms with Gasteiger partial charge in [0.05, 0.1) is 5.75 Å². The SMILES string of the molecule is Cc1cc(C(=O)CSc2nncn2C)c(C)n1CCc1cccs1. The van der Waals surface area contributed by atoms with Crippen molar-refractivity contribution >= 4 is 28.9 Å². The first kappa shape index (κ1) is 17.0. The predicted molar refractivity (Wildman–Crippen MR) is 98.0 cm³/mol. The molecule has 126 valence electrons. The standard InChI is InChI=1S/C17H20N4OS2/c1-12-9-15(16(22)10-24-17-19-18-11-20(17)3)13(2)21(12)7-6-14-5-4-8-23-14/h4-5,8-9,11H,6-7,10H2,1-3H3. The van der Waals surface area contributed by atoms with Crippen molar-refractivity contribution in [3.63, 3.8) is 0 Å². The second-order valence-electron chi connectivity index (χ2n) is 5.70. The van der Waals surface area contributed by atoms with Gasteiger partial charge in [-0.05, 0) is 37.8 Å². The number of thioether (sulfide) groups is 1. The summed E-state index contributed by atoms with van der Waals surface area (Å²) in [5.41, 5.74) is 3.00. The number of ketones is 1. The third-order valence-electron chi connectivity index (χ3n) is 4.04. The molecule has 3 rings (SSSR count). The molecule has 0 saturated carbocycles. The molecule has 0 radical (unpaired) electrons. The van der Waals surface area contributed by atoms with Crippen molar-refractivity contribution < 1.29 is 4.79 Å². The van der Waals surface area contributed by atoms with E-state index in [4.69, 9.17) is 0 Å². The van der Waals surface area contributed by atoms with Crippen molar-refractivity contribution in [2.75, 3.05) is 5.75 Å². The number of aryl methyl sites for hydroxylation is 3. The Morgan fingerprint density at radius 2 is 2.21 bits per heavy atom. The number of carbonyl (C=O) groups is 1. The summed E-state index contributed by atoms with van der Waals surface area (Å²) < 4.78 is 4.06. The number of carbonyl (C=O) groups excluding carboxylic acids is 1. The van der Waals surface area contributed by atoms with Crippen LogP contribution in [0.2, 0.25) is 0 Å². The molecule has 0 bridgehead atoms. The Kier molecular flexibility index (Phi) is 5.20. The van der Waals surface area contributed by atoms with Crippen LogP contribution in [0, 0.1) is 13.8 Å². The highest BCUT2D eigenvalue weighted by Gasteiger charge is 2.17. The summed E-state index contributed by atoms with van der Waals surface area (Å²) in [6.45, 7) is 5.00. The second-order valence-corrected chi connectivity index (χ2v) is 7.68. The fourth-order valence-electron chi connectivity index (χ4n) is 2.72. The largest absolute Gasteiger partial charge is 0.348 e. The molecule has 0 spiro atoms. The first-order chi connectivity index (χ1) is 11.6. The topological polar surface area (TPSA) is 52.7 Å². The number of nitrogens with zero attached hydrogens (tertiary/aromatic N) is 4. The zero-order valence-corrected chi connectivity index (χ0v) is 15.7. The Balaban J connectivity index is 1.68. The summed E-state index contributed by atoms with van der Waals surface area (Å²) >= 11 is 3.20. The highest BCUT2D eigenvalue weighted by atomic mass is 32.2. The lowest BCUT2D eigenvalue weighted by Crippen LogP contribution is -2.08. The van der Waals surface area contributed by atoms with Gasteiger partial charge in [-0.15, -0.1) is 21.5 Å². The van der Waals surface area contributed by atoms with E-state index in [2.05, 4.69) is 39.2 Å². The molecule has 0 aliphatic carbocycles. The minimum absolute atomic E-state index is 0.137. The van der Waals surface area contributed by atoms with Crippen LogP contribution in [0.3, 0.4) is 0 Å². The molecular formula is C17H20N4OS2. The predicted octanol–water partition coefficient (Wildman–Crippen LogP) is 3.51. The molecule has 0 atom stereocenters. The molecule has 0 unspecified atom stereocenters. The third-order valence-corrected chi connectivity index (χ3v) is 6.01. The van der Waals surface area contributed by atoms with Gasteiger partial charge in [-0.25, -0.2) is 0 Å². The molecule has 3 heterocycles. The maximum absolute atomic E-state index is 12.6. The molecule has 3 aromatic rings. The number of rotatable bonds is 7. The van der Waals surface area contributed by atoms with Crippen LogP contribution in [0.15, 0.2) is 35.1 Å². The van der Waals surface area contributed by atoms with Crippen molar-refractivity contribution in [3.8, 4) is 0 Å². The van der Waals surface area contributed by atoms with E-state index in [0.717, 1.165) is 35.1 Å². The maximum Gasteiger partial charge on any atom is 0.191 e. The molecule has 0 aliphatic rings. The lowest BCUT2D eigenvalue weighted by Gasteiger charge is -2.09. The Bertz CT molecular complexity index is 833. The molecule has 7 heteroatoms. The minimum atomic E-state index is 0.137. The average Bonchev–Trinajstić information content (AvgIpc) is 3.26. The zero-order chi connectivity index (χ0) is 17.1. The van der Waals surface area contributed by atoms with E-state index in [-0.39, 0.29) is 5.78 Å². The van der Waals surface area contributed by atoms with Crippen LogP contribution in [0.25, 0.3) is 0 Å². The molecule has 0 amide bonds. The molecule has 0 saturated heterocycles. The molecule has 0 aliphatic heterocycles. The Hall–Kier alpha value is -1.86. The van der Waals surface area contributed by atoms with Gasteiger partial charge in [0.1, 0.15) is 6.33 Å². The van der Waals surface area contributed by atoms with Crippen molar-refractivity contribution in [2.45, 2.75) is 32.0 Å². The van der Waals surface area contributed by atoms with Gasteiger partial charge in [0.25, 0.3) is 0 Å². The summed E-state index contributed by atoms with van der Waals surface area (Å²) in [6, 6.07) is 6.24. The molecule has 3 aromatic heterocycles. The molecular weight excluding hydrogens is 340 g/mol. The maximum atomic E-state index is 12.6. The van der Waals surface area contributed by atoms with Gasteiger partial charge in [0, 0.05) is 35.4 Å². The summed E-state index contributed by atoms with van der Waals surface area (Å²) in [5, 5.41) is 10.7. The zero-order valence-electron chi connectivity index (χ0n) is 14.0. The van der Waals surface area contributed by atoms with Crippen molar-refractivity contribution in [1.82, 2.24) is 19.3 Å². The van der Waals surface area contributed by atoms with Gasteiger partial charge in [-0.2, -0.15) is 0 Å². The third kappa shape index (κ3) is 3.62. The smallest absolute Gasteiger partial charge is 0.191 e. The van der Waals surface area contributed by atoms with E-state index >= 15 is 0 Å². The highest BCUT2D eigenvalue weighted by Crippen LogP contribution is 2.21. The van der Waals surface area contributed by atoms with Gasteiger partial charge in [-0.3, -0.25) is 4.79 Å². The van der Waals surface area contributed by atoms with Crippen LogP contribution >= 0.6 is 23.1 Å². The van der Waals surface area contributed by atoms with E-state index < -0.39 is 0 Å². The summed E-state index contributed by atoms with van der Waals surface area (Å²) in [4.78, 5) is 13.9. The first-order valence-corrected chi connectivity index (χ1v) is 9.62. The lowest BCUT2D eigenvalue weighted by molar-refractivity contribution is 0.102. The number of Topliss-reactive ketones (excluding diaryl/α,β-unsaturated/α-hetero) is 1. The van der Waals surface area contributed by atoms with Gasteiger partial charge < -0.3 is 9.13 Å². The second kappa shape index (κ2) is 7.36. The Morgan fingerprint density at radius 1 is 1.38 bits per heavy atom. The fraction of sp³-hybridized carbons (Fsp3) is 0.353. The first-order valence-electron chi connectivity index (χ1n) is 7.75. The van der Waals surface area contributed by atoms with E-state index in [0.29, 0.717) is 5.75 Å². The molecule has 0 fully saturated rings. The highest BCUT2D eigenvalue weighted by molar-refractivity contribution is 7.99.